The van der Waals surface area contributed by atoms with Crippen molar-refractivity contribution in [2.45, 2.75) is 19.9 Å². The maximum Gasteiger partial charge on any atom is 0.331 e. The molecule has 0 aliphatic carbocycles. The second-order valence-corrected chi connectivity index (χ2v) is 6.40. The van der Waals surface area contributed by atoms with Crippen molar-refractivity contribution in [3.63, 3.8) is 0 Å². The molecule has 0 aliphatic rings. The summed E-state index contributed by atoms with van der Waals surface area (Å²) in [6.45, 7) is 3.38. The summed E-state index contributed by atoms with van der Waals surface area (Å²) in [5, 5.41) is 4.21. The van der Waals surface area contributed by atoms with E-state index in [0.717, 1.165) is 15.0 Å². The quantitative estimate of drug-likeness (QED) is 0.669. The largest absolute Gasteiger partial charge is 0.452 e. The van der Waals surface area contributed by atoms with E-state index in [1.165, 1.54) is 17.4 Å². The van der Waals surface area contributed by atoms with Crippen molar-refractivity contribution >= 4 is 51.0 Å². The summed E-state index contributed by atoms with van der Waals surface area (Å²) in [6.07, 6.45) is 2.88. The fourth-order valence-corrected chi connectivity index (χ4v) is 3.23. The number of carbonyl (C=O) groups is 2. The molecule has 0 saturated heterocycles. The van der Waals surface area contributed by atoms with E-state index >= 15 is 0 Å². The average molecular weight is 338 g/mol. The zero-order valence-electron chi connectivity index (χ0n) is 12.3. The summed E-state index contributed by atoms with van der Waals surface area (Å²) < 4.78 is 5.92. The molecule has 0 atom stereocenters. The second kappa shape index (κ2) is 7.42. The van der Waals surface area contributed by atoms with Crippen LogP contribution >= 0.6 is 22.9 Å². The first kappa shape index (κ1) is 16.5. The number of ether oxygens (including phenoxy) is 1. The van der Waals surface area contributed by atoms with Crippen LogP contribution in [-0.4, -0.2) is 24.5 Å². The van der Waals surface area contributed by atoms with Crippen molar-refractivity contribution in [1.82, 2.24) is 5.32 Å². The van der Waals surface area contributed by atoms with Gasteiger partial charge in [-0.2, -0.15) is 0 Å². The lowest BCUT2D eigenvalue weighted by Gasteiger charge is -2.07. The predicted octanol–water partition coefficient (Wildman–Crippen LogP) is 3.64. The maximum atomic E-state index is 11.6. The predicted molar refractivity (Wildman–Crippen MR) is 90.1 cm³/mol. The van der Waals surface area contributed by atoms with Gasteiger partial charge in [0.05, 0.1) is 5.02 Å². The molecular weight excluding hydrogens is 322 g/mol. The smallest absolute Gasteiger partial charge is 0.331 e. The molecule has 0 aliphatic heterocycles. The van der Waals surface area contributed by atoms with Crippen molar-refractivity contribution in [3.05, 3.63) is 40.2 Å². The van der Waals surface area contributed by atoms with Crippen LogP contribution in [0.15, 0.2) is 30.3 Å². The fraction of sp³-hybridized carbons (Fsp3) is 0.250. The summed E-state index contributed by atoms with van der Waals surface area (Å²) in [5.41, 5.74) is 0. The Kier molecular flexibility index (Phi) is 5.57. The number of nitrogens with one attached hydrogen (secondary N) is 1. The van der Waals surface area contributed by atoms with Gasteiger partial charge in [-0.1, -0.05) is 29.8 Å². The first-order valence-corrected chi connectivity index (χ1v) is 7.98. The van der Waals surface area contributed by atoms with Crippen LogP contribution in [0.3, 0.4) is 0 Å². The number of carbonyl (C=O) groups excluding carboxylic acids is 2. The van der Waals surface area contributed by atoms with Gasteiger partial charge in [0, 0.05) is 27.1 Å². The van der Waals surface area contributed by atoms with E-state index in [0.29, 0.717) is 5.02 Å². The minimum absolute atomic E-state index is 0.0131. The van der Waals surface area contributed by atoms with Crippen LogP contribution < -0.4 is 5.32 Å². The lowest BCUT2D eigenvalue weighted by atomic mass is 10.2. The van der Waals surface area contributed by atoms with E-state index in [9.17, 15) is 9.59 Å². The van der Waals surface area contributed by atoms with Gasteiger partial charge in [0.2, 0.25) is 0 Å². The number of esters is 1. The number of fused-ring (bicyclic) bond motifs is 1. The number of rotatable bonds is 5. The van der Waals surface area contributed by atoms with E-state index in [-0.39, 0.29) is 18.6 Å². The highest BCUT2D eigenvalue weighted by atomic mass is 35.5. The van der Waals surface area contributed by atoms with Crippen molar-refractivity contribution in [3.8, 4) is 0 Å². The Morgan fingerprint density at radius 2 is 2.09 bits per heavy atom. The second-order valence-electron chi connectivity index (χ2n) is 4.94. The monoisotopic (exact) mass is 337 g/mol. The van der Waals surface area contributed by atoms with Gasteiger partial charge in [-0.25, -0.2) is 4.79 Å². The fourth-order valence-electron chi connectivity index (χ4n) is 1.83. The Hall–Kier alpha value is -1.85. The van der Waals surface area contributed by atoms with Gasteiger partial charge in [-0.15, -0.1) is 11.3 Å². The molecule has 1 aromatic carbocycles. The van der Waals surface area contributed by atoms with E-state index in [1.807, 2.05) is 38.1 Å². The lowest BCUT2D eigenvalue weighted by Crippen LogP contribution is -2.33. The van der Waals surface area contributed by atoms with Gasteiger partial charge in [-0.3, -0.25) is 4.79 Å². The Labute approximate surface area is 137 Å². The molecule has 1 amide bonds. The molecule has 0 fully saturated rings. The molecule has 0 radical (unpaired) electrons. The number of halogens is 1. The van der Waals surface area contributed by atoms with Crippen LogP contribution in [0.4, 0.5) is 0 Å². The van der Waals surface area contributed by atoms with E-state index < -0.39 is 5.97 Å². The van der Waals surface area contributed by atoms with Crippen LogP contribution in [-0.2, 0) is 14.3 Å². The van der Waals surface area contributed by atoms with Gasteiger partial charge in [-0.05, 0) is 26.0 Å². The molecule has 116 valence electrons. The summed E-state index contributed by atoms with van der Waals surface area (Å²) >= 11 is 7.76. The maximum absolute atomic E-state index is 11.6. The van der Waals surface area contributed by atoms with Crippen molar-refractivity contribution in [2.75, 3.05) is 6.61 Å². The number of amides is 1. The van der Waals surface area contributed by atoms with Crippen molar-refractivity contribution in [1.29, 1.82) is 0 Å². The molecule has 22 heavy (non-hydrogen) atoms. The third kappa shape index (κ3) is 4.32. The van der Waals surface area contributed by atoms with Crippen LogP contribution in [0.1, 0.15) is 18.7 Å². The van der Waals surface area contributed by atoms with Gasteiger partial charge in [0.25, 0.3) is 5.91 Å². The molecule has 0 bridgehead atoms. The highest BCUT2D eigenvalue weighted by molar-refractivity contribution is 7.20. The molecule has 6 heteroatoms. The molecule has 2 rings (SSSR count). The minimum atomic E-state index is -0.576. The highest BCUT2D eigenvalue weighted by Gasteiger charge is 2.09. The van der Waals surface area contributed by atoms with E-state index in [1.54, 1.807) is 6.08 Å². The Bertz CT molecular complexity index is 721. The molecule has 1 N–H and O–H groups in total. The summed E-state index contributed by atoms with van der Waals surface area (Å²) in [7, 11) is 0. The Morgan fingerprint density at radius 3 is 2.77 bits per heavy atom. The van der Waals surface area contributed by atoms with Gasteiger partial charge < -0.3 is 10.1 Å². The molecule has 4 nitrogen and oxygen atoms in total. The van der Waals surface area contributed by atoms with Crippen LogP contribution in [0.2, 0.25) is 5.02 Å². The zero-order valence-corrected chi connectivity index (χ0v) is 13.8. The first-order valence-electron chi connectivity index (χ1n) is 6.78. The molecular formula is C16H16ClNO3S. The number of thiophene rings is 1. The lowest BCUT2D eigenvalue weighted by molar-refractivity contribution is -0.143. The Morgan fingerprint density at radius 1 is 1.36 bits per heavy atom. The molecule has 1 aromatic heterocycles. The first-order chi connectivity index (χ1) is 10.5. The summed E-state index contributed by atoms with van der Waals surface area (Å²) in [5.74, 6) is -0.899. The average Bonchev–Trinajstić information content (AvgIpc) is 2.79. The molecule has 1 heterocycles. The SMILES string of the molecule is CC(C)NC(=O)COC(=O)/C=C/c1sc2ccccc2c1Cl. The minimum Gasteiger partial charge on any atom is -0.452 e. The van der Waals surface area contributed by atoms with Gasteiger partial charge in [0.15, 0.2) is 6.61 Å². The number of benzene rings is 1. The highest BCUT2D eigenvalue weighted by Crippen LogP contribution is 2.35. The Balaban J connectivity index is 1.97. The van der Waals surface area contributed by atoms with E-state index in [2.05, 4.69) is 5.32 Å². The van der Waals surface area contributed by atoms with E-state index in [4.69, 9.17) is 16.3 Å². The van der Waals surface area contributed by atoms with Crippen LogP contribution in [0.25, 0.3) is 16.2 Å². The normalized spacial score (nSPS) is 11.3. The summed E-state index contributed by atoms with van der Waals surface area (Å²) in [4.78, 5) is 23.8. The number of hydrogen-bond donors (Lipinski definition) is 1. The van der Waals surface area contributed by atoms with Gasteiger partial charge in [0.1, 0.15) is 0 Å². The third-order valence-electron chi connectivity index (χ3n) is 2.73. The molecule has 2 aromatic rings. The molecule has 0 saturated carbocycles. The third-order valence-corrected chi connectivity index (χ3v) is 4.38. The topological polar surface area (TPSA) is 55.4 Å². The summed E-state index contributed by atoms with van der Waals surface area (Å²) in [6, 6.07) is 7.76. The zero-order chi connectivity index (χ0) is 16.1. The van der Waals surface area contributed by atoms with Crippen LogP contribution in [0, 0.1) is 0 Å². The molecule has 0 unspecified atom stereocenters. The van der Waals surface area contributed by atoms with Gasteiger partial charge >= 0.3 is 5.97 Å². The van der Waals surface area contributed by atoms with Crippen molar-refractivity contribution in [2.24, 2.45) is 0 Å². The van der Waals surface area contributed by atoms with Crippen LogP contribution in [0.5, 0.6) is 0 Å². The van der Waals surface area contributed by atoms with Crippen molar-refractivity contribution < 1.29 is 14.3 Å². The number of hydrogen-bond acceptors (Lipinski definition) is 4. The molecule has 0 spiro atoms. The standard InChI is InChI=1S/C16H16ClNO3S/c1-10(2)18-14(19)9-21-15(20)8-7-13-16(17)11-5-3-4-6-12(11)22-13/h3-8,10H,9H2,1-2H3,(H,18,19)/b8-7+.